The first-order chi connectivity index (χ1) is 14.8. The summed E-state index contributed by atoms with van der Waals surface area (Å²) in [6.45, 7) is 1.83. The summed E-state index contributed by atoms with van der Waals surface area (Å²) in [4.78, 5) is 28.7. The number of rotatable bonds is 5. The Morgan fingerprint density at radius 3 is 2.32 bits per heavy atom. The lowest BCUT2D eigenvalue weighted by Gasteiger charge is -2.16. The van der Waals surface area contributed by atoms with Gasteiger partial charge < -0.3 is 5.32 Å². The molecule has 1 heterocycles. The molecule has 0 fully saturated rings. The van der Waals surface area contributed by atoms with Gasteiger partial charge in [-0.15, -0.1) is 0 Å². The van der Waals surface area contributed by atoms with Crippen LogP contribution in [0.5, 0.6) is 0 Å². The van der Waals surface area contributed by atoms with Gasteiger partial charge in [0.2, 0.25) is 0 Å². The van der Waals surface area contributed by atoms with Crippen LogP contribution < -0.4 is 10.2 Å². The first kappa shape index (κ1) is 21.4. The van der Waals surface area contributed by atoms with Crippen molar-refractivity contribution in [2.75, 3.05) is 10.2 Å². The fourth-order valence-corrected chi connectivity index (χ4v) is 4.30. The Morgan fingerprint density at radius 1 is 0.903 bits per heavy atom. The maximum Gasteiger partial charge on any atom is 0.283 e. The average Bonchev–Trinajstić information content (AvgIpc) is 2.97. The van der Waals surface area contributed by atoms with Crippen LogP contribution in [0, 0.1) is 12.7 Å². The smallest absolute Gasteiger partial charge is 0.283 e. The van der Waals surface area contributed by atoms with E-state index in [4.69, 9.17) is 23.2 Å². The second-order valence-electron chi connectivity index (χ2n) is 6.75. The van der Waals surface area contributed by atoms with Crippen molar-refractivity contribution in [3.63, 3.8) is 0 Å². The quantitative estimate of drug-likeness (QED) is 0.434. The predicted molar refractivity (Wildman–Crippen MR) is 123 cm³/mol. The number of halogens is 3. The molecule has 2 amide bonds. The number of benzene rings is 3. The zero-order valence-corrected chi connectivity index (χ0v) is 18.5. The molecule has 0 radical (unpaired) electrons. The van der Waals surface area contributed by atoms with Gasteiger partial charge in [0.15, 0.2) is 0 Å². The van der Waals surface area contributed by atoms with Crippen LogP contribution in [0.25, 0.3) is 0 Å². The Bertz CT molecular complexity index is 1230. The molecule has 1 aliphatic rings. The number of anilines is 2. The van der Waals surface area contributed by atoms with Gasteiger partial charge in [0.05, 0.1) is 10.7 Å². The van der Waals surface area contributed by atoms with Crippen molar-refractivity contribution < 1.29 is 14.0 Å². The number of hydrogen-bond acceptors (Lipinski definition) is 4. The molecule has 8 heteroatoms. The number of amides is 2. The molecule has 3 aromatic rings. The molecular formula is C23H15Cl2FN2O2S. The number of carbonyl (C=O) groups is 2. The molecule has 1 N–H and O–H groups in total. The third-order valence-electron chi connectivity index (χ3n) is 4.61. The summed E-state index contributed by atoms with van der Waals surface area (Å²) in [6.07, 6.45) is 0. The first-order valence-electron chi connectivity index (χ1n) is 9.19. The average molecular weight is 473 g/mol. The van der Waals surface area contributed by atoms with E-state index in [9.17, 15) is 14.0 Å². The van der Waals surface area contributed by atoms with Crippen LogP contribution in [0.1, 0.15) is 5.56 Å². The number of hydrogen-bond donors (Lipinski definition) is 1. The van der Waals surface area contributed by atoms with Gasteiger partial charge in [0.25, 0.3) is 11.8 Å². The molecule has 0 atom stereocenters. The molecule has 0 aromatic heterocycles. The molecule has 1 aliphatic heterocycles. The Morgan fingerprint density at radius 2 is 1.65 bits per heavy atom. The second-order valence-corrected chi connectivity index (χ2v) is 8.65. The van der Waals surface area contributed by atoms with Crippen molar-refractivity contribution in [2.45, 2.75) is 11.8 Å². The Balaban J connectivity index is 1.76. The molecule has 0 saturated carbocycles. The van der Waals surface area contributed by atoms with Crippen molar-refractivity contribution in [1.29, 1.82) is 0 Å². The van der Waals surface area contributed by atoms with E-state index >= 15 is 0 Å². The monoisotopic (exact) mass is 472 g/mol. The van der Waals surface area contributed by atoms with Crippen LogP contribution in [0.15, 0.2) is 82.2 Å². The van der Waals surface area contributed by atoms with Gasteiger partial charge in [-0.2, -0.15) is 0 Å². The summed E-state index contributed by atoms with van der Waals surface area (Å²) in [7, 11) is 0. The molecule has 156 valence electrons. The number of imide groups is 1. The van der Waals surface area contributed by atoms with Gasteiger partial charge in [0.1, 0.15) is 16.4 Å². The number of carbonyl (C=O) groups excluding carboxylic acids is 2. The standard InChI is InChI=1S/C23H15Cl2FN2O2S/c1-13-7-9-15(12-17(13)24)28-22(29)20(27-14-8-10-19(26)18(25)11-14)21(23(28)30)31-16-5-3-2-4-6-16/h2-12,27H,1H3. The van der Waals surface area contributed by atoms with E-state index in [1.807, 2.05) is 37.3 Å². The number of nitrogens with one attached hydrogen (secondary N) is 1. The number of aryl methyl sites for hydroxylation is 1. The first-order valence-corrected chi connectivity index (χ1v) is 10.8. The van der Waals surface area contributed by atoms with Gasteiger partial charge in [0, 0.05) is 15.6 Å². The molecule has 0 bridgehead atoms. The lowest BCUT2D eigenvalue weighted by atomic mass is 10.2. The van der Waals surface area contributed by atoms with Gasteiger partial charge in [-0.3, -0.25) is 9.59 Å². The van der Waals surface area contributed by atoms with E-state index in [1.165, 1.54) is 30.0 Å². The third-order valence-corrected chi connectivity index (χ3v) is 6.39. The molecule has 0 unspecified atom stereocenters. The lowest BCUT2D eigenvalue weighted by Crippen LogP contribution is -2.32. The second kappa shape index (κ2) is 8.75. The maximum atomic E-state index is 13.6. The Labute approximate surface area is 192 Å². The predicted octanol–water partition coefficient (Wildman–Crippen LogP) is 6.43. The summed E-state index contributed by atoms with van der Waals surface area (Å²) in [5.41, 5.74) is 1.66. The molecule has 3 aromatic carbocycles. The highest BCUT2D eigenvalue weighted by Gasteiger charge is 2.40. The summed E-state index contributed by atoms with van der Waals surface area (Å²) >= 11 is 13.3. The molecule has 0 saturated heterocycles. The SMILES string of the molecule is Cc1ccc(N2C(=O)C(Nc3ccc(F)c(Cl)c3)=C(Sc3ccccc3)C2=O)cc1Cl. The van der Waals surface area contributed by atoms with E-state index in [2.05, 4.69) is 5.32 Å². The minimum absolute atomic E-state index is 0.0817. The van der Waals surface area contributed by atoms with Crippen LogP contribution in [0.4, 0.5) is 15.8 Å². The molecule has 0 aliphatic carbocycles. The Kier molecular flexibility index (Phi) is 6.05. The third kappa shape index (κ3) is 4.32. The largest absolute Gasteiger partial charge is 0.350 e. The fraction of sp³-hybridized carbons (Fsp3) is 0.0435. The van der Waals surface area contributed by atoms with Gasteiger partial charge in [-0.25, -0.2) is 9.29 Å². The van der Waals surface area contributed by atoms with E-state index < -0.39 is 17.6 Å². The minimum atomic E-state index is -0.579. The molecule has 4 rings (SSSR count). The van der Waals surface area contributed by atoms with Crippen LogP contribution in [-0.2, 0) is 9.59 Å². The highest BCUT2D eigenvalue weighted by Crippen LogP contribution is 2.38. The van der Waals surface area contributed by atoms with E-state index in [0.717, 1.165) is 15.4 Å². The lowest BCUT2D eigenvalue weighted by molar-refractivity contribution is -0.120. The van der Waals surface area contributed by atoms with Crippen LogP contribution in [-0.4, -0.2) is 11.8 Å². The van der Waals surface area contributed by atoms with E-state index in [1.54, 1.807) is 18.2 Å². The summed E-state index contributed by atoms with van der Waals surface area (Å²) in [5, 5.41) is 3.30. The van der Waals surface area contributed by atoms with Crippen LogP contribution in [0.2, 0.25) is 10.0 Å². The molecule has 31 heavy (non-hydrogen) atoms. The van der Waals surface area contributed by atoms with Gasteiger partial charge >= 0.3 is 0 Å². The number of thioether (sulfide) groups is 1. The Hall–Kier alpha value is -2.80. The fourth-order valence-electron chi connectivity index (χ4n) is 2.99. The zero-order chi connectivity index (χ0) is 22.1. The summed E-state index contributed by atoms with van der Waals surface area (Å²) in [6, 6.07) is 18.2. The molecule has 4 nitrogen and oxygen atoms in total. The van der Waals surface area contributed by atoms with Gasteiger partial charge in [-0.1, -0.05) is 59.2 Å². The topological polar surface area (TPSA) is 49.4 Å². The summed E-state index contributed by atoms with van der Waals surface area (Å²) < 4.78 is 13.6. The van der Waals surface area contributed by atoms with Crippen molar-refractivity contribution >= 4 is 58.2 Å². The van der Waals surface area contributed by atoms with Gasteiger partial charge in [-0.05, 0) is 55.0 Å². The number of nitrogens with zero attached hydrogens (tertiary/aromatic N) is 1. The van der Waals surface area contributed by atoms with E-state index in [-0.39, 0.29) is 15.6 Å². The normalized spacial score (nSPS) is 13.9. The molecular weight excluding hydrogens is 458 g/mol. The van der Waals surface area contributed by atoms with Crippen molar-refractivity contribution in [3.05, 3.63) is 98.8 Å². The van der Waals surface area contributed by atoms with Crippen molar-refractivity contribution in [1.82, 2.24) is 0 Å². The minimum Gasteiger partial charge on any atom is -0.350 e. The maximum absolute atomic E-state index is 13.6. The van der Waals surface area contributed by atoms with E-state index in [0.29, 0.717) is 16.4 Å². The highest BCUT2D eigenvalue weighted by molar-refractivity contribution is 8.04. The highest BCUT2D eigenvalue weighted by atomic mass is 35.5. The van der Waals surface area contributed by atoms with Crippen molar-refractivity contribution in [2.24, 2.45) is 0 Å². The van der Waals surface area contributed by atoms with Crippen LogP contribution in [0.3, 0.4) is 0 Å². The van der Waals surface area contributed by atoms with Crippen LogP contribution >= 0.6 is 35.0 Å². The summed E-state index contributed by atoms with van der Waals surface area (Å²) in [5.74, 6) is -1.59. The zero-order valence-electron chi connectivity index (χ0n) is 16.2. The molecule has 0 spiro atoms. The van der Waals surface area contributed by atoms with Crippen molar-refractivity contribution in [3.8, 4) is 0 Å².